The highest BCUT2D eigenvalue weighted by Gasteiger charge is 2.22. The van der Waals surface area contributed by atoms with Gasteiger partial charge in [0.1, 0.15) is 11.9 Å². The molecule has 7 heteroatoms. The third-order valence-electron chi connectivity index (χ3n) is 3.35. The highest BCUT2D eigenvalue weighted by Crippen LogP contribution is 2.25. The molecule has 2 aromatic carbocycles. The third kappa shape index (κ3) is 6.98. The SMILES string of the molecule is O=C(CNC(=O)OCc1ccccc1)CC(Sc1ccccc1)C(=O)O. The molecular weight excluding hydrogens is 354 g/mol. The van der Waals surface area contributed by atoms with E-state index in [0.29, 0.717) is 0 Å². The molecule has 1 atom stereocenters. The predicted octanol–water partition coefficient (Wildman–Crippen LogP) is 3.12. The van der Waals surface area contributed by atoms with E-state index in [0.717, 1.165) is 22.2 Å². The van der Waals surface area contributed by atoms with Crippen LogP contribution < -0.4 is 5.32 Å². The van der Waals surface area contributed by atoms with Gasteiger partial charge in [-0.2, -0.15) is 0 Å². The van der Waals surface area contributed by atoms with E-state index in [9.17, 15) is 19.5 Å². The Labute approximate surface area is 155 Å². The molecule has 0 saturated carbocycles. The number of aliphatic carboxylic acids is 1. The fourth-order valence-electron chi connectivity index (χ4n) is 2.07. The van der Waals surface area contributed by atoms with Crippen molar-refractivity contribution in [1.82, 2.24) is 5.32 Å². The molecule has 136 valence electrons. The molecule has 0 aliphatic carbocycles. The van der Waals surface area contributed by atoms with Crippen molar-refractivity contribution < 1.29 is 24.2 Å². The number of nitrogens with one attached hydrogen (secondary N) is 1. The van der Waals surface area contributed by atoms with Crippen LogP contribution in [0.3, 0.4) is 0 Å². The first-order valence-corrected chi connectivity index (χ1v) is 8.83. The van der Waals surface area contributed by atoms with Crippen LogP contribution in [-0.2, 0) is 20.9 Å². The topological polar surface area (TPSA) is 92.7 Å². The monoisotopic (exact) mass is 373 g/mol. The number of rotatable bonds is 9. The number of alkyl carbamates (subject to hydrolysis) is 1. The van der Waals surface area contributed by atoms with Crippen molar-refractivity contribution in [2.24, 2.45) is 0 Å². The van der Waals surface area contributed by atoms with Crippen molar-refractivity contribution in [3.8, 4) is 0 Å². The quantitative estimate of drug-likeness (QED) is 0.656. The van der Waals surface area contributed by atoms with Crippen LogP contribution in [-0.4, -0.2) is 34.7 Å². The molecule has 0 aliphatic heterocycles. The summed E-state index contributed by atoms with van der Waals surface area (Å²) in [6, 6.07) is 18.1. The summed E-state index contributed by atoms with van der Waals surface area (Å²) in [4.78, 5) is 35.7. The van der Waals surface area contributed by atoms with Crippen molar-refractivity contribution in [1.29, 1.82) is 0 Å². The molecular formula is C19H19NO5S. The number of carbonyl (C=O) groups is 3. The number of carboxylic acids is 1. The van der Waals surface area contributed by atoms with Crippen LogP contribution in [0.15, 0.2) is 65.6 Å². The van der Waals surface area contributed by atoms with Crippen molar-refractivity contribution in [3.63, 3.8) is 0 Å². The van der Waals surface area contributed by atoms with E-state index < -0.39 is 17.3 Å². The zero-order valence-electron chi connectivity index (χ0n) is 14.0. The van der Waals surface area contributed by atoms with Gasteiger partial charge in [-0.05, 0) is 17.7 Å². The van der Waals surface area contributed by atoms with Gasteiger partial charge in [-0.25, -0.2) is 4.79 Å². The molecule has 0 aromatic heterocycles. The normalized spacial score (nSPS) is 11.4. The molecule has 0 fully saturated rings. The number of benzene rings is 2. The maximum absolute atomic E-state index is 12.0. The Morgan fingerprint density at radius 2 is 1.62 bits per heavy atom. The first-order chi connectivity index (χ1) is 12.5. The Morgan fingerprint density at radius 1 is 1.00 bits per heavy atom. The number of hydrogen-bond acceptors (Lipinski definition) is 5. The van der Waals surface area contributed by atoms with E-state index in [4.69, 9.17) is 4.74 Å². The number of carboxylic acid groups (broad SMARTS) is 1. The number of ether oxygens (including phenoxy) is 1. The van der Waals surface area contributed by atoms with Gasteiger partial charge in [-0.3, -0.25) is 9.59 Å². The van der Waals surface area contributed by atoms with Gasteiger partial charge < -0.3 is 15.2 Å². The number of amides is 1. The van der Waals surface area contributed by atoms with Crippen LogP contribution in [0.1, 0.15) is 12.0 Å². The summed E-state index contributed by atoms with van der Waals surface area (Å²) in [6.45, 7) is -0.171. The highest BCUT2D eigenvalue weighted by molar-refractivity contribution is 8.00. The number of Topliss-reactive ketones (excluding diaryl/α,β-unsaturated/α-hetero) is 1. The minimum Gasteiger partial charge on any atom is -0.480 e. The lowest BCUT2D eigenvalue weighted by Crippen LogP contribution is -2.32. The van der Waals surface area contributed by atoms with Crippen LogP contribution in [0.5, 0.6) is 0 Å². The van der Waals surface area contributed by atoms with Gasteiger partial charge in [0.2, 0.25) is 0 Å². The molecule has 0 bridgehead atoms. The summed E-state index contributed by atoms with van der Waals surface area (Å²) in [7, 11) is 0. The third-order valence-corrected chi connectivity index (χ3v) is 4.55. The van der Waals surface area contributed by atoms with Crippen molar-refractivity contribution in [3.05, 3.63) is 66.2 Å². The molecule has 26 heavy (non-hydrogen) atoms. The largest absolute Gasteiger partial charge is 0.480 e. The average molecular weight is 373 g/mol. The van der Waals surface area contributed by atoms with Crippen LogP contribution in [0, 0.1) is 0 Å². The molecule has 0 radical (unpaired) electrons. The summed E-state index contributed by atoms with van der Waals surface area (Å²) < 4.78 is 5.00. The molecule has 6 nitrogen and oxygen atoms in total. The van der Waals surface area contributed by atoms with Crippen molar-refractivity contribution in [2.45, 2.75) is 23.2 Å². The summed E-state index contributed by atoms with van der Waals surface area (Å²) in [6.07, 6.45) is -0.904. The molecule has 0 heterocycles. The second-order valence-electron chi connectivity index (χ2n) is 5.42. The minimum atomic E-state index is -1.07. The zero-order chi connectivity index (χ0) is 18.8. The summed E-state index contributed by atoms with van der Waals surface area (Å²) in [5.41, 5.74) is 0.833. The van der Waals surface area contributed by atoms with E-state index in [-0.39, 0.29) is 25.4 Å². The fourth-order valence-corrected chi connectivity index (χ4v) is 3.08. The minimum absolute atomic E-state index is 0.0997. The summed E-state index contributed by atoms with van der Waals surface area (Å²) in [5, 5.41) is 10.7. The molecule has 2 N–H and O–H groups in total. The van der Waals surface area contributed by atoms with E-state index in [1.54, 1.807) is 24.3 Å². The Balaban J connectivity index is 1.75. The molecule has 2 aromatic rings. The van der Waals surface area contributed by atoms with Crippen molar-refractivity contribution in [2.75, 3.05) is 6.54 Å². The van der Waals surface area contributed by atoms with Gasteiger partial charge in [0, 0.05) is 11.3 Å². The maximum Gasteiger partial charge on any atom is 0.407 e. The predicted molar refractivity (Wildman–Crippen MR) is 98.0 cm³/mol. The first kappa shape index (κ1) is 19.5. The number of thioether (sulfide) groups is 1. The van der Waals surface area contributed by atoms with E-state index in [1.807, 2.05) is 36.4 Å². The number of ketones is 1. The van der Waals surface area contributed by atoms with E-state index >= 15 is 0 Å². The lowest BCUT2D eigenvalue weighted by molar-refractivity contribution is -0.137. The van der Waals surface area contributed by atoms with Gasteiger partial charge in [0.25, 0.3) is 0 Å². The molecule has 1 amide bonds. The van der Waals surface area contributed by atoms with Crippen LogP contribution in [0.4, 0.5) is 4.79 Å². The smallest absolute Gasteiger partial charge is 0.407 e. The average Bonchev–Trinajstić information content (AvgIpc) is 2.66. The lowest BCUT2D eigenvalue weighted by Gasteiger charge is -2.12. The Bertz CT molecular complexity index is 736. The summed E-state index contributed by atoms with van der Waals surface area (Å²) in [5.74, 6) is -1.45. The fraction of sp³-hybridized carbons (Fsp3) is 0.211. The maximum atomic E-state index is 12.0. The van der Waals surface area contributed by atoms with Gasteiger partial charge in [0.05, 0.1) is 6.54 Å². The number of hydrogen-bond donors (Lipinski definition) is 2. The van der Waals surface area contributed by atoms with Crippen LogP contribution >= 0.6 is 11.8 Å². The highest BCUT2D eigenvalue weighted by atomic mass is 32.2. The van der Waals surface area contributed by atoms with Gasteiger partial charge in [-0.1, -0.05) is 48.5 Å². The zero-order valence-corrected chi connectivity index (χ0v) is 14.8. The Hall–Kier alpha value is -2.80. The molecule has 1 unspecified atom stereocenters. The van der Waals surface area contributed by atoms with E-state index in [1.165, 1.54) is 0 Å². The molecule has 2 rings (SSSR count). The second-order valence-corrected chi connectivity index (χ2v) is 6.69. The Kier molecular flexibility index (Phi) is 7.70. The summed E-state index contributed by atoms with van der Waals surface area (Å²) >= 11 is 1.10. The molecule has 0 saturated heterocycles. The first-order valence-electron chi connectivity index (χ1n) is 7.95. The van der Waals surface area contributed by atoms with Gasteiger partial charge >= 0.3 is 12.1 Å². The second kappa shape index (κ2) is 10.2. The van der Waals surface area contributed by atoms with Crippen LogP contribution in [0.25, 0.3) is 0 Å². The standard InChI is InChI=1S/C19H19NO5S/c21-15(11-17(18(22)23)26-16-9-5-2-6-10-16)12-20-19(24)25-13-14-7-3-1-4-8-14/h1-10,17H,11-13H2,(H,20,24)(H,22,23). The van der Waals surface area contributed by atoms with Gasteiger partial charge in [-0.15, -0.1) is 11.8 Å². The lowest BCUT2D eigenvalue weighted by atomic mass is 10.2. The Morgan fingerprint density at radius 3 is 2.23 bits per heavy atom. The van der Waals surface area contributed by atoms with Crippen LogP contribution in [0.2, 0.25) is 0 Å². The van der Waals surface area contributed by atoms with E-state index in [2.05, 4.69) is 5.32 Å². The molecule has 0 aliphatic rings. The van der Waals surface area contributed by atoms with Crippen molar-refractivity contribution >= 4 is 29.6 Å². The van der Waals surface area contributed by atoms with Gasteiger partial charge in [0.15, 0.2) is 5.78 Å². The number of carbonyl (C=O) groups excluding carboxylic acids is 2. The molecule has 0 spiro atoms.